The second kappa shape index (κ2) is 6.78. The summed E-state index contributed by atoms with van der Waals surface area (Å²) in [7, 11) is 1.62. The first kappa shape index (κ1) is 14.9. The molecule has 0 aliphatic heterocycles. The molecule has 0 unspecified atom stereocenters. The number of hydrogen-bond acceptors (Lipinski definition) is 5. The number of benzene rings is 1. The van der Waals surface area contributed by atoms with Crippen LogP contribution in [-0.4, -0.2) is 46.9 Å². The molecule has 0 fully saturated rings. The van der Waals surface area contributed by atoms with Crippen molar-refractivity contribution in [2.45, 2.75) is 13.3 Å². The van der Waals surface area contributed by atoms with Gasteiger partial charge in [0.25, 0.3) is 5.91 Å². The van der Waals surface area contributed by atoms with Crippen LogP contribution in [0.15, 0.2) is 30.5 Å². The van der Waals surface area contributed by atoms with Gasteiger partial charge in [0.05, 0.1) is 30.3 Å². The molecule has 0 radical (unpaired) electrons. The highest BCUT2D eigenvalue weighted by Crippen LogP contribution is 2.09. The number of nitrogens with zero attached hydrogens (tertiary/aromatic N) is 3. The van der Waals surface area contributed by atoms with E-state index in [0.29, 0.717) is 12.1 Å². The lowest BCUT2D eigenvalue weighted by Crippen LogP contribution is -2.30. The average molecular weight is 287 g/mol. The second-order valence-corrected chi connectivity index (χ2v) is 4.53. The topological polar surface area (TPSA) is 72.4 Å². The molecule has 2 rings (SSSR count). The number of para-hydroxylation sites is 2. The maximum absolute atomic E-state index is 12.2. The van der Waals surface area contributed by atoms with Crippen LogP contribution in [0.2, 0.25) is 0 Å². The third-order valence-electron chi connectivity index (χ3n) is 2.97. The van der Waals surface area contributed by atoms with Crippen LogP contribution in [0.5, 0.6) is 0 Å². The van der Waals surface area contributed by atoms with Crippen molar-refractivity contribution in [3.63, 3.8) is 0 Å². The van der Waals surface area contributed by atoms with Crippen molar-refractivity contribution < 1.29 is 14.3 Å². The molecule has 1 aromatic heterocycles. The Hall–Kier alpha value is -2.50. The minimum atomic E-state index is -0.318. The minimum Gasteiger partial charge on any atom is -0.466 e. The number of carbonyl (C=O) groups is 2. The summed E-state index contributed by atoms with van der Waals surface area (Å²) >= 11 is 0. The highest BCUT2D eigenvalue weighted by atomic mass is 16.5. The second-order valence-electron chi connectivity index (χ2n) is 4.53. The van der Waals surface area contributed by atoms with Crippen LogP contribution in [0.4, 0.5) is 0 Å². The Morgan fingerprint density at radius 1 is 1.24 bits per heavy atom. The molecule has 21 heavy (non-hydrogen) atoms. The lowest BCUT2D eigenvalue weighted by molar-refractivity contribution is -0.143. The summed E-state index contributed by atoms with van der Waals surface area (Å²) in [5, 5.41) is 0. The van der Waals surface area contributed by atoms with E-state index in [9.17, 15) is 9.59 Å². The lowest BCUT2D eigenvalue weighted by Gasteiger charge is -2.16. The zero-order valence-electron chi connectivity index (χ0n) is 12.1. The summed E-state index contributed by atoms with van der Waals surface area (Å²) in [6.07, 6.45) is 1.61. The van der Waals surface area contributed by atoms with E-state index in [1.165, 1.54) is 11.1 Å². The molecule has 1 aromatic carbocycles. The summed E-state index contributed by atoms with van der Waals surface area (Å²) in [6, 6.07) is 7.35. The number of aromatic nitrogens is 2. The SMILES string of the molecule is CCOC(=O)CCN(C)C(=O)c1cnc2ccccc2n1. The molecule has 0 saturated carbocycles. The fraction of sp³-hybridized carbons (Fsp3) is 0.333. The molecule has 2 aromatic rings. The first-order chi connectivity index (χ1) is 10.1. The van der Waals surface area contributed by atoms with Crippen molar-refractivity contribution in [1.82, 2.24) is 14.9 Å². The van der Waals surface area contributed by atoms with Crippen molar-refractivity contribution in [2.24, 2.45) is 0 Å². The molecule has 0 spiro atoms. The van der Waals surface area contributed by atoms with Gasteiger partial charge in [0.1, 0.15) is 5.69 Å². The molecule has 0 N–H and O–H groups in total. The van der Waals surface area contributed by atoms with E-state index >= 15 is 0 Å². The quantitative estimate of drug-likeness (QED) is 0.782. The Kier molecular flexibility index (Phi) is 4.81. The Labute approximate surface area is 122 Å². The predicted octanol–water partition coefficient (Wildman–Crippen LogP) is 1.66. The largest absolute Gasteiger partial charge is 0.466 e. The third-order valence-corrected chi connectivity index (χ3v) is 2.97. The van der Waals surface area contributed by atoms with Crippen molar-refractivity contribution in [3.05, 3.63) is 36.2 Å². The first-order valence-electron chi connectivity index (χ1n) is 6.74. The molecule has 0 atom stereocenters. The van der Waals surface area contributed by atoms with E-state index in [2.05, 4.69) is 9.97 Å². The zero-order valence-corrected chi connectivity index (χ0v) is 12.1. The number of fused-ring (bicyclic) bond motifs is 1. The van der Waals surface area contributed by atoms with Gasteiger partial charge in [-0.1, -0.05) is 12.1 Å². The summed E-state index contributed by atoms with van der Waals surface area (Å²) in [4.78, 5) is 33.5. The minimum absolute atomic E-state index is 0.164. The monoisotopic (exact) mass is 287 g/mol. The van der Waals surface area contributed by atoms with Crippen LogP contribution < -0.4 is 0 Å². The summed E-state index contributed by atoms with van der Waals surface area (Å²) in [6.45, 7) is 2.37. The van der Waals surface area contributed by atoms with Crippen LogP contribution in [0.3, 0.4) is 0 Å². The van der Waals surface area contributed by atoms with Crippen molar-refractivity contribution >= 4 is 22.9 Å². The third kappa shape index (κ3) is 3.75. The van der Waals surface area contributed by atoms with Gasteiger partial charge in [0.15, 0.2) is 0 Å². The molecule has 0 saturated heterocycles. The molecular formula is C15H17N3O3. The molecule has 0 aliphatic carbocycles. The fourth-order valence-electron chi connectivity index (χ4n) is 1.85. The van der Waals surface area contributed by atoms with E-state index < -0.39 is 0 Å². The van der Waals surface area contributed by atoms with Gasteiger partial charge >= 0.3 is 5.97 Å². The van der Waals surface area contributed by atoms with Crippen LogP contribution in [0.25, 0.3) is 11.0 Å². The summed E-state index contributed by atoms with van der Waals surface area (Å²) in [5.41, 5.74) is 1.67. The number of amides is 1. The maximum Gasteiger partial charge on any atom is 0.307 e. The Bertz CT molecular complexity index is 657. The van der Waals surface area contributed by atoms with Gasteiger partial charge in [-0.3, -0.25) is 14.6 Å². The molecule has 1 heterocycles. The van der Waals surface area contributed by atoms with Crippen LogP contribution in [0, 0.1) is 0 Å². The highest BCUT2D eigenvalue weighted by Gasteiger charge is 2.15. The Balaban J connectivity index is 2.05. The molecule has 1 amide bonds. The van der Waals surface area contributed by atoms with Crippen LogP contribution in [0.1, 0.15) is 23.8 Å². The molecule has 0 aliphatic rings. The lowest BCUT2D eigenvalue weighted by atomic mass is 10.3. The van der Waals surface area contributed by atoms with Gasteiger partial charge < -0.3 is 9.64 Å². The van der Waals surface area contributed by atoms with Gasteiger partial charge in [-0.15, -0.1) is 0 Å². The van der Waals surface area contributed by atoms with Crippen molar-refractivity contribution in [3.8, 4) is 0 Å². The number of esters is 1. The first-order valence-corrected chi connectivity index (χ1v) is 6.74. The number of ether oxygens (including phenoxy) is 1. The number of hydrogen-bond donors (Lipinski definition) is 0. The van der Waals surface area contributed by atoms with Gasteiger partial charge in [0.2, 0.25) is 0 Å². The predicted molar refractivity (Wildman–Crippen MR) is 77.7 cm³/mol. The molecule has 6 heteroatoms. The van der Waals surface area contributed by atoms with E-state index in [0.717, 1.165) is 5.52 Å². The van der Waals surface area contributed by atoms with E-state index in [-0.39, 0.29) is 30.5 Å². The van der Waals surface area contributed by atoms with E-state index in [1.807, 2.05) is 18.2 Å². The van der Waals surface area contributed by atoms with Crippen molar-refractivity contribution in [1.29, 1.82) is 0 Å². The van der Waals surface area contributed by atoms with Crippen LogP contribution >= 0.6 is 0 Å². The van der Waals surface area contributed by atoms with Gasteiger partial charge in [-0.05, 0) is 19.1 Å². The maximum atomic E-state index is 12.2. The Morgan fingerprint density at radius 2 is 1.95 bits per heavy atom. The molecule has 0 bridgehead atoms. The van der Waals surface area contributed by atoms with E-state index in [1.54, 1.807) is 20.0 Å². The van der Waals surface area contributed by atoms with Gasteiger partial charge in [-0.25, -0.2) is 4.98 Å². The van der Waals surface area contributed by atoms with Crippen LogP contribution in [-0.2, 0) is 9.53 Å². The zero-order chi connectivity index (χ0) is 15.2. The standard InChI is InChI=1S/C15H17N3O3/c1-3-21-14(19)8-9-18(2)15(20)13-10-16-11-6-4-5-7-12(11)17-13/h4-7,10H,3,8-9H2,1-2H3. The summed E-state index contributed by atoms with van der Waals surface area (Å²) in [5.74, 6) is -0.584. The van der Waals surface area contributed by atoms with Gasteiger partial charge in [-0.2, -0.15) is 0 Å². The van der Waals surface area contributed by atoms with E-state index in [4.69, 9.17) is 4.74 Å². The fourth-order valence-corrected chi connectivity index (χ4v) is 1.85. The normalized spacial score (nSPS) is 10.4. The van der Waals surface area contributed by atoms with Crippen molar-refractivity contribution in [2.75, 3.05) is 20.2 Å². The number of rotatable bonds is 5. The summed E-state index contributed by atoms with van der Waals surface area (Å²) < 4.78 is 4.83. The highest BCUT2D eigenvalue weighted by molar-refractivity contribution is 5.93. The molecule has 6 nitrogen and oxygen atoms in total. The number of carbonyl (C=O) groups excluding carboxylic acids is 2. The van der Waals surface area contributed by atoms with Gasteiger partial charge in [0, 0.05) is 13.6 Å². The molecule has 110 valence electrons. The Morgan fingerprint density at radius 3 is 2.67 bits per heavy atom. The smallest absolute Gasteiger partial charge is 0.307 e. The molecular weight excluding hydrogens is 270 g/mol. The average Bonchev–Trinajstić information content (AvgIpc) is 2.51.